The fourth-order valence-corrected chi connectivity index (χ4v) is 3.37. The molecule has 8 nitrogen and oxygen atoms in total. The van der Waals surface area contributed by atoms with Crippen LogP contribution in [0.5, 0.6) is 5.75 Å². The number of para-hydroxylation sites is 1. The van der Waals surface area contributed by atoms with Gasteiger partial charge in [-0.25, -0.2) is 4.99 Å². The first-order valence-corrected chi connectivity index (χ1v) is 11.0. The zero-order valence-corrected chi connectivity index (χ0v) is 21.3. The third-order valence-electron chi connectivity index (χ3n) is 5.46. The molecule has 9 heteroatoms. The molecule has 1 aromatic heterocycles. The summed E-state index contributed by atoms with van der Waals surface area (Å²) in [7, 11) is 1.99. The zero-order chi connectivity index (χ0) is 21.2. The molecule has 0 radical (unpaired) electrons. The highest BCUT2D eigenvalue weighted by atomic mass is 127. The molecule has 0 aliphatic carbocycles. The summed E-state index contributed by atoms with van der Waals surface area (Å²) in [4.78, 5) is 9.66. The lowest BCUT2D eigenvalue weighted by Gasteiger charge is -2.36. The Morgan fingerprint density at radius 3 is 2.52 bits per heavy atom. The third kappa shape index (κ3) is 7.95. The number of aryl methyl sites for hydroxylation is 1. The molecule has 0 bridgehead atoms. The molecule has 0 amide bonds. The molecule has 2 heterocycles. The Bertz CT molecular complexity index is 788. The Morgan fingerprint density at radius 2 is 1.87 bits per heavy atom. The van der Waals surface area contributed by atoms with Crippen molar-refractivity contribution in [1.82, 2.24) is 29.9 Å². The van der Waals surface area contributed by atoms with Gasteiger partial charge in [0, 0.05) is 46.3 Å². The largest absolute Gasteiger partial charge is 0.492 e. The van der Waals surface area contributed by atoms with Crippen LogP contribution < -0.4 is 10.1 Å². The van der Waals surface area contributed by atoms with E-state index >= 15 is 0 Å². The van der Waals surface area contributed by atoms with Crippen LogP contribution >= 0.6 is 24.0 Å². The van der Waals surface area contributed by atoms with E-state index in [0.29, 0.717) is 13.2 Å². The molecule has 0 unspecified atom stereocenters. The van der Waals surface area contributed by atoms with E-state index in [1.165, 1.54) is 0 Å². The summed E-state index contributed by atoms with van der Waals surface area (Å²) in [6.45, 7) is 11.2. The van der Waals surface area contributed by atoms with Crippen LogP contribution in [0.4, 0.5) is 0 Å². The Hall–Kier alpha value is -1.88. The Morgan fingerprint density at radius 1 is 1.13 bits per heavy atom. The molecule has 0 spiro atoms. The molecule has 1 fully saturated rings. The summed E-state index contributed by atoms with van der Waals surface area (Å²) >= 11 is 0. The van der Waals surface area contributed by atoms with Gasteiger partial charge in [0.1, 0.15) is 24.7 Å². The van der Waals surface area contributed by atoms with Gasteiger partial charge in [-0.1, -0.05) is 31.5 Å². The maximum atomic E-state index is 5.84. The van der Waals surface area contributed by atoms with E-state index in [1.54, 1.807) is 0 Å². The Balaban J connectivity index is 0.00000341. The number of aromatic nitrogens is 3. The highest BCUT2D eigenvalue weighted by Gasteiger charge is 2.20. The van der Waals surface area contributed by atoms with Gasteiger partial charge in [-0.2, -0.15) is 0 Å². The molecule has 0 saturated carbocycles. The second-order valence-corrected chi connectivity index (χ2v) is 7.63. The molecule has 1 N–H and O–H groups in total. The molecular formula is C22H36IN7O. The van der Waals surface area contributed by atoms with Crippen molar-refractivity contribution in [2.24, 2.45) is 12.0 Å². The van der Waals surface area contributed by atoms with Gasteiger partial charge in [-0.05, 0) is 25.5 Å². The van der Waals surface area contributed by atoms with Gasteiger partial charge in [0.15, 0.2) is 11.8 Å². The number of halogens is 1. The Labute approximate surface area is 203 Å². The lowest BCUT2D eigenvalue weighted by atomic mass is 10.3. The number of ether oxygens (including phenoxy) is 1. The SMILES string of the molecule is CCCCNC(=NCc1nnc(C)n1C)N1CCN(CCOc2ccccc2)CC1.I. The minimum Gasteiger partial charge on any atom is -0.492 e. The maximum Gasteiger partial charge on any atom is 0.194 e. The maximum absolute atomic E-state index is 5.84. The summed E-state index contributed by atoms with van der Waals surface area (Å²) in [5, 5.41) is 11.9. The average molecular weight is 541 g/mol. The molecule has 2 aromatic rings. The monoisotopic (exact) mass is 541 g/mol. The molecular weight excluding hydrogens is 505 g/mol. The number of rotatable bonds is 9. The highest BCUT2D eigenvalue weighted by molar-refractivity contribution is 14.0. The first-order valence-electron chi connectivity index (χ1n) is 11.0. The van der Waals surface area contributed by atoms with Crippen molar-refractivity contribution in [3.8, 4) is 5.75 Å². The molecule has 31 heavy (non-hydrogen) atoms. The van der Waals surface area contributed by atoms with Gasteiger partial charge in [0.25, 0.3) is 0 Å². The van der Waals surface area contributed by atoms with Crippen molar-refractivity contribution in [3.05, 3.63) is 42.0 Å². The van der Waals surface area contributed by atoms with Crippen molar-refractivity contribution in [1.29, 1.82) is 0 Å². The number of benzene rings is 1. The van der Waals surface area contributed by atoms with Gasteiger partial charge in [-0.3, -0.25) is 4.90 Å². The number of hydrogen-bond acceptors (Lipinski definition) is 5. The number of nitrogens with zero attached hydrogens (tertiary/aromatic N) is 6. The molecule has 0 atom stereocenters. The summed E-state index contributed by atoms with van der Waals surface area (Å²) < 4.78 is 7.84. The summed E-state index contributed by atoms with van der Waals surface area (Å²) in [5.74, 6) is 3.71. The second-order valence-electron chi connectivity index (χ2n) is 7.63. The lowest BCUT2D eigenvalue weighted by Crippen LogP contribution is -2.53. The first-order chi connectivity index (χ1) is 14.7. The molecule has 1 aromatic carbocycles. The third-order valence-corrected chi connectivity index (χ3v) is 5.46. The number of nitrogens with one attached hydrogen (secondary N) is 1. The van der Waals surface area contributed by atoms with Gasteiger partial charge in [0.2, 0.25) is 0 Å². The summed E-state index contributed by atoms with van der Waals surface area (Å²) in [5.41, 5.74) is 0. The van der Waals surface area contributed by atoms with Crippen LogP contribution in [0.25, 0.3) is 0 Å². The predicted octanol–water partition coefficient (Wildman–Crippen LogP) is 2.68. The number of piperazine rings is 1. The number of guanidine groups is 1. The molecule has 172 valence electrons. The fraction of sp³-hybridized carbons (Fsp3) is 0.591. The smallest absolute Gasteiger partial charge is 0.194 e. The van der Waals surface area contributed by atoms with Crippen molar-refractivity contribution < 1.29 is 4.74 Å². The number of unbranched alkanes of at least 4 members (excludes halogenated alkanes) is 1. The van der Waals surface area contributed by atoms with Crippen LogP contribution in [0.15, 0.2) is 35.3 Å². The minimum absolute atomic E-state index is 0. The lowest BCUT2D eigenvalue weighted by molar-refractivity contribution is 0.152. The van der Waals surface area contributed by atoms with Crippen LogP contribution in [-0.4, -0.2) is 76.4 Å². The first kappa shape index (κ1) is 25.4. The van der Waals surface area contributed by atoms with Crippen LogP contribution in [0.2, 0.25) is 0 Å². The van der Waals surface area contributed by atoms with E-state index in [4.69, 9.17) is 9.73 Å². The van der Waals surface area contributed by atoms with E-state index < -0.39 is 0 Å². The van der Waals surface area contributed by atoms with E-state index in [9.17, 15) is 0 Å². The van der Waals surface area contributed by atoms with Gasteiger partial charge in [0.05, 0.1) is 0 Å². The van der Waals surface area contributed by atoms with E-state index in [2.05, 4.69) is 32.2 Å². The number of aliphatic imine (C=N–C) groups is 1. The van der Waals surface area contributed by atoms with Crippen LogP contribution in [-0.2, 0) is 13.6 Å². The predicted molar refractivity (Wildman–Crippen MR) is 135 cm³/mol. The molecule has 1 aliphatic rings. The summed E-state index contributed by atoms with van der Waals surface area (Å²) in [6, 6.07) is 10.0. The van der Waals surface area contributed by atoms with Crippen molar-refractivity contribution in [2.75, 3.05) is 45.9 Å². The summed E-state index contributed by atoms with van der Waals surface area (Å²) in [6.07, 6.45) is 2.30. The Kier molecular flexibility index (Phi) is 11.1. The molecule has 1 saturated heterocycles. The zero-order valence-electron chi connectivity index (χ0n) is 19.0. The number of hydrogen-bond donors (Lipinski definition) is 1. The van der Waals surface area contributed by atoms with Gasteiger partial charge in [-0.15, -0.1) is 34.2 Å². The van der Waals surface area contributed by atoms with E-state index in [-0.39, 0.29) is 24.0 Å². The fourth-order valence-electron chi connectivity index (χ4n) is 3.37. The van der Waals surface area contributed by atoms with E-state index in [1.807, 2.05) is 48.9 Å². The standard InChI is InChI=1S/C22H35N7O.HI/c1-4-5-11-23-22(24-18-21-26-25-19(2)27(21)3)29-14-12-28(13-15-29)16-17-30-20-9-7-6-8-10-20;/h6-10H,4-5,11-18H2,1-3H3,(H,23,24);1H. The topological polar surface area (TPSA) is 70.8 Å². The van der Waals surface area contributed by atoms with Gasteiger partial charge < -0.3 is 19.5 Å². The molecule has 3 rings (SSSR count). The average Bonchev–Trinajstić information content (AvgIpc) is 3.10. The van der Waals surface area contributed by atoms with Crippen LogP contribution in [0, 0.1) is 6.92 Å². The highest BCUT2D eigenvalue weighted by Crippen LogP contribution is 2.09. The van der Waals surface area contributed by atoms with Gasteiger partial charge >= 0.3 is 0 Å². The molecule has 1 aliphatic heterocycles. The van der Waals surface area contributed by atoms with Crippen molar-refractivity contribution in [2.45, 2.75) is 33.2 Å². The van der Waals surface area contributed by atoms with Crippen LogP contribution in [0.3, 0.4) is 0 Å². The second kappa shape index (κ2) is 13.5. The normalized spacial score (nSPS) is 14.9. The van der Waals surface area contributed by atoms with Crippen LogP contribution in [0.1, 0.15) is 31.4 Å². The van der Waals surface area contributed by atoms with E-state index in [0.717, 1.165) is 75.5 Å². The van der Waals surface area contributed by atoms with Crippen molar-refractivity contribution in [3.63, 3.8) is 0 Å². The quantitative estimate of drug-likeness (QED) is 0.228. The van der Waals surface area contributed by atoms with Crippen molar-refractivity contribution >= 4 is 29.9 Å². The minimum atomic E-state index is 0.